The zero-order valence-electron chi connectivity index (χ0n) is 15.0. The van der Waals surface area contributed by atoms with E-state index in [1.807, 2.05) is 34.4 Å². The Morgan fingerprint density at radius 2 is 2.08 bits per heavy atom. The van der Waals surface area contributed by atoms with Gasteiger partial charge in [-0.25, -0.2) is 4.79 Å². The Bertz CT molecular complexity index is 801. The number of hydrogen-bond donors (Lipinski definition) is 1. The fourth-order valence-corrected chi connectivity index (χ4v) is 4.50. The van der Waals surface area contributed by atoms with Crippen molar-refractivity contribution in [1.82, 2.24) is 9.80 Å². The summed E-state index contributed by atoms with van der Waals surface area (Å²) in [6.45, 7) is 3.61. The Hall–Kier alpha value is -2.25. The van der Waals surface area contributed by atoms with Crippen LogP contribution in [0.5, 0.6) is 11.5 Å². The molecule has 0 atom stereocenters. The number of para-hydroxylation sites is 1. The predicted molar refractivity (Wildman–Crippen MR) is 102 cm³/mol. The highest BCUT2D eigenvalue weighted by atomic mass is 32.1. The Morgan fingerprint density at radius 3 is 2.85 bits per heavy atom. The summed E-state index contributed by atoms with van der Waals surface area (Å²) in [4.78, 5) is 18.4. The van der Waals surface area contributed by atoms with Crippen molar-refractivity contribution in [2.45, 2.75) is 19.0 Å². The maximum atomic E-state index is 12.5. The molecule has 0 radical (unpaired) electrons. The van der Waals surface area contributed by atoms with Gasteiger partial charge in [0.05, 0.1) is 19.9 Å². The number of urea groups is 1. The Balaban J connectivity index is 1.34. The molecule has 26 heavy (non-hydrogen) atoms. The lowest BCUT2D eigenvalue weighted by molar-refractivity contribution is 0.0533. The lowest BCUT2D eigenvalue weighted by atomic mass is 10.0. The summed E-state index contributed by atoms with van der Waals surface area (Å²) in [5.74, 6) is 1.15. The molecule has 1 fully saturated rings. The van der Waals surface area contributed by atoms with Gasteiger partial charge in [-0.05, 0) is 35.6 Å². The number of carbonyl (C=O) groups excluding carboxylic acids is 1. The van der Waals surface area contributed by atoms with E-state index in [0.29, 0.717) is 23.2 Å². The van der Waals surface area contributed by atoms with Crippen LogP contribution in [0.15, 0.2) is 29.6 Å². The Kier molecular flexibility index (Phi) is 4.74. The molecule has 0 unspecified atom stereocenters. The second-order valence-corrected chi connectivity index (χ2v) is 7.62. The third kappa shape index (κ3) is 3.12. The number of nitrogens with zero attached hydrogens (tertiary/aromatic N) is 2. The van der Waals surface area contributed by atoms with Crippen LogP contribution in [-0.2, 0) is 13.0 Å². The second kappa shape index (κ2) is 7.17. The fraction of sp³-hybridized carbons (Fsp3) is 0.421. The predicted octanol–water partition coefficient (Wildman–Crippen LogP) is 3.04. The van der Waals surface area contributed by atoms with E-state index < -0.39 is 0 Å². The van der Waals surface area contributed by atoms with Crippen LogP contribution in [0, 0.1) is 0 Å². The highest BCUT2D eigenvalue weighted by Gasteiger charge is 2.36. The number of ether oxygens (including phenoxy) is 2. The zero-order valence-corrected chi connectivity index (χ0v) is 15.8. The van der Waals surface area contributed by atoms with Crippen molar-refractivity contribution in [2.24, 2.45) is 0 Å². The van der Waals surface area contributed by atoms with Crippen molar-refractivity contribution in [1.29, 1.82) is 0 Å². The quantitative estimate of drug-likeness (QED) is 0.895. The smallest absolute Gasteiger partial charge is 0.322 e. The standard InChI is InChI=1S/C19H23N3O3S/c1-24-16-5-3-4-15(18(16)25-2)20-19(23)22-11-14(12-22)21-8-6-17-13(10-21)7-9-26-17/h3-5,7,9,14H,6,8,10-12H2,1-2H3,(H,20,23). The zero-order chi connectivity index (χ0) is 18.1. The van der Waals surface area contributed by atoms with Crippen LogP contribution in [0.1, 0.15) is 10.4 Å². The molecule has 0 bridgehead atoms. The number of benzene rings is 1. The average Bonchev–Trinajstić information content (AvgIpc) is 3.08. The van der Waals surface area contributed by atoms with E-state index in [0.717, 1.165) is 32.6 Å². The monoisotopic (exact) mass is 373 g/mol. The highest BCUT2D eigenvalue weighted by Crippen LogP contribution is 2.35. The SMILES string of the molecule is COc1cccc(NC(=O)N2CC(N3CCc4sccc4C3)C2)c1OC. The van der Waals surface area contributed by atoms with Gasteiger partial charge in [0.25, 0.3) is 0 Å². The number of amides is 2. The van der Waals surface area contributed by atoms with E-state index in [9.17, 15) is 4.79 Å². The van der Waals surface area contributed by atoms with Gasteiger partial charge < -0.3 is 19.7 Å². The molecule has 138 valence electrons. The van der Waals surface area contributed by atoms with Gasteiger partial charge in [0.15, 0.2) is 11.5 Å². The minimum Gasteiger partial charge on any atom is -0.493 e. The lowest BCUT2D eigenvalue weighted by Crippen LogP contribution is -2.62. The minimum absolute atomic E-state index is 0.0963. The summed E-state index contributed by atoms with van der Waals surface area (Å²) in [5.41, 5.74) is 2.08. The van der Waals surface area contributed by atoms with Crippen molar-refractivity contribution < 1.29 is 14.3 Å². The lowest BCUT2D eigenvalue weighted by Gasteiger charge is -2.46. The molecular weight excluding hydrogens is 350 g/mol. The van der Waals surface area contributed by atoms with E-state index in [1.54, 1.807) is 14.2 Å². The van der Waals surface area contributed by atoms with E-state index in [1.165, 1.54) is 10.4 Å². The molecule has 2 aromatic rings. The van der Waals surface area contributed by atoms with Crippen LogP contribution in [-0.4, -0.2) is 55.7 Å². The Morgan fingerprint density at radius 1 is 1.23 bits per heavy atom. The third-order valence-corrected chi connectivity index (χ3v) is 6.17. The van der Waals surface area contributed by atoms with E-state index in [4.69, 9.17) is 9.47 Å². The maximum Gasteiger partial charge on any atom is 0.322 e. The van der Waals surface area contributed by atoms with Gasteiger partial charge >= 0.3 is 6.03 Å². The van der Waals surface area contributed by atoms with Crippen LogP contribution < -0.4 is 14.8 Å². The molecule has 0 saturated carbocycles. The number of fused-ring (bicyclic) bond motifs is 1. The van der Waals surface area contributed by atoms with E-state index in [2.05, 4.69) is 21.7 Å². The third-order valence-electron chi connectivity index (χ3n) is 5.15. The summed E-state index contributed by atoms with van der Waals surface area (Å²) in [6.07, 6.45) is 1.12. The van der Waals surface area contributed by atoms with Crippen LogP contribution >= 0.6 is 11.3 Å². The first-order chi connectivity index (χ1) is 12.7. The van der Waals surface area contributed by atoms with Crippen molar-refractivity contribution in [2.75, 3.05) is 39.2 Å². The summed E-state index contributed by atoms with van der Waals surface area (Å²) in [6, 6.07) is 8.04. The molecule has 2 amide bonds. The molecular formula is C19H23N3O3S. The molecule has 2 aliphatic rings. The first kappa shape index (κ1) is 17.2. The number of thiophene rings is 1. The van der Waals surface area contributed by atoms with Crippen molar-refractivity contribution in [3.63, 3.8) is 0 Å². The van der Waals surface area contributed by atoms with Gasteiger partial charge in [0.2, 0.25) is 0 Å². The first-order valence-corrected chi connectivity index (χ1v) is 9.63. The van der Waals surface area contributed by atoms with Gasteiger partial charge in [-0.1, -0.05) is 6.07 Å². The largest absolute Gasteiger partial charge is 0.493 e. The molecule has 1 aromatic carbocycles. The summed E-state index contributed by atoms with van der Waals surface area (Å²) >= 11 is 1.85. The average molecular weight is 373 g/mol. The molecule has 0 aliphatic carbocycles. The van der Waals surface area contributed by atoms with Gasteiger partial charge in [-0.2, -0.15) is 0 Å². The number of anilines is 1. The number of methoxy groups -OCH3 is 2. The van der Waals surface area contributed by atoms with Crippen LogP contribution in [0.4, 0.5) is 10.5 Å². The molecule has 7 heteroatoms. The summed E-state index contributed by atoms with van der Waals surface area (Å²) < 4.78 is 10.7. The minimum atomic E-state index is -0.0963. The van der Waals surface area contributed by atoms with E-state index >= 15 is 0 Å². The topological polar surface area (TPSA) is 54.0 Å². The van der Waals surface area contributed by atoms with Crippen LogP contribution in [0.3, 0.4) is 0 Å². The summed E-state index contributed by atoms with van der Waals surface area (Å²) in [5, 5.41) is 5.12. The molecule has 3 heterocycles. The Labute approximate surface area is 157 Å². The van der Waals surface area contributed by atoms with E-state index in [-0.39, 0.29) is 6.03 Å². The molecule has 2 aliphatic heterocycles. The molecule has 1 N–H and O–H groups in total. The maximum absolute atomic E-state index is 12.5. The van der Waals surface area contributed by atoms with Crippen molar-refractivity contribution >= 4 is 23.1 Å². The highest BCUT2D eigenvalue weighted by molar-refractivity contribution is 7.10. The molecule has 1 saturated heterocycles. The van der Waals surface area contributed by atoms with Crippen molar-refractivity contribution in [3.8, 4) is 11.5 Å². The van der Waals surface area contributed by atoms with Crippen LogP contribution in [0.2, 0.25) is 0 Å². The fourth-order valence-electron chi connectivity index (χ4n) is 3.61. The number of likely N-dealkylation sites (tertiary alicyclic amines) is 1. The van der Waals surface area contributed by atoms with Gasteiger partial charge in [0, 0.05) is 37.1 Å². The molecule has 6 nitrogen and oxygen atoms in total. The number of carbonyl (C=O) groups is 1. The first-order valence-electron chi connectivity index (χ1n) is 8.76. The van der Waals surface area contributed by atoms with Crippen molar-refractivity contribution in [3.05, 3.63) is 40.1 Å². The van der Waals surface area contributed by atoms with Gasteiger partial charge in [-0.3, -0.25) is 4.90 Å². The second-order valence-electron chi connectivity index (χ2n) is 6.62. The van der Waals surface area contributed by atoms with Gasteiger partial charge in [-0.15, -0.1) is 11.3 Å². The normalized spacial score (nSPS) is 17.4. The number of rotatable bonds is 4. The molecule has 0 spiro atoms. The molecule has 4 rings (SSSR count). The number of nitrogens with one attached hydrogen (secondary N) is 1. The number of hydrogen-bond acceptors (Lipinski definition) is 5. The van der Waals surface area contributed by atoms with Gasteiger partial charge in [0.1, 0.15) is 0 Å². The molecule has 1 aromatic heterocycles. The summed E-state index contributed by atoms with van der Waals surface area (Å²) in [7, 11) is 3.16. The van der Waals surface area contributed by atoms with Crippen LogP contribution in [0.25, 0.3) is 0 Å².